The third kappa shape index (κ3) is 2.66. The van der Waals surface area contributed by atoms with Gasteiger partial charge in [0.25, 0.3) is 0 Å². The van der Waals surface area contributed by atoms with Gasteiger partial charge in [0, 0.05) is 11.0 Å². The van der Waals surface area contributed by atoms with Crippen LogP contribution in [0.2, 0.25) is 5.15 Å². The first-order valence-corrected chi connectivity index (χ1v) is 7.42. The van der Waals surface area contributed by atoms with Crippen LogP contribution >= 0.6 is 11.6 Å². The minimum atomic E-state index is -0.147. The van der Waals surface area contributed by atoms with Crippen molar-refractivity contribution in [2.75, 3.05) is 0 Å². The van der Waals surface area contributed by atoms with E-state index in [1.807, 2.05) is 44.2 Å². The van der Waals surface area contributed by atoms with Gasteiger partial charge in [0.2, 0.25) is 0 Å². The molecule has 0 spiro atoms. The first-order chi connectivity index (χ1) is 10.0. The fourth-order valence-electron chi connectivity index (χ4n) is 2.23. The molecule has 0 saturated heterocycles. The molecule has 1 heterocycles. The van der Waals surface area contributed by atoms with Crippen molar-refractivity contribution in [3.8, 4) is 5.69 Å². The number of ketones is 1. The van der Waals surface area contributed by atoms with E-state index in [1.165, 1.54) is 0 Å². The van der Waals surface area contributed by atoms with Gasteiger partial charge < -0.3 is 0 Å². The van der Waals surface area contributed by atoms with Crippen molar-refractivity contribution in [1.82, 2.24) is 9.78 Å². The molecule has 0 amide bonds. The highest BCUT2D eigenvalue weighted by Crippen LogP contribution is 2.46. The third-order valence-corrected chi connectivity index (χ3v) is 4.41. The first kappa shape index (κ1) is 14.1. The van der Waals surface area contributed by atoms with E-state index in [0.29, 0.717) is 5.15 Å². The molecule has 0 N–H and O–H groups in total. The zero-order chi connectivity index (χ0) is 15.0. The Bertz CT molecular complexity index is 712. The molecular weight excluding hydrogens is 284 g/mol. The Morgan fingerprint density at radius 2 is 2.00 bits per heavy atom. The normalized spacial score (nSPS) is 16.3. The molecule has 1 aliphatic rings. The quantitative estimate of drug-likeness (QED) is 0.793. The summed E-state index contributed by atoms with van der Waals surface area (Å²) < 4.78 is 1.69. The Morgan fingerprint density at radius 3 is 2.62 bits per heavy atom. The van der Waals surface area contributed by atoms with E-state index in [9.17, 15) is 4.79 Å². The Balaban J connectivity index is 1.92. The largest absolute Gasteiger partial charge is 0.294 e. The van der Waals surface area contributed by atoms with Gasteiger partial charge in [-0.3, -0.25) is 4.79 Å². The molecule has 1 aromatic heterocycles. The van der Waals surface area contributed by atoms with Crippen LogP contribution < -0.4 is 0 Å². The van der Waals surface area contributed by atoms with Gasteiger partial charge >= 0.3 is 0 Å². The molecule has 108 valence electrons. The number of carbonyl (C=O) groups is 1. The third-order valence-electron chi connectivity index (χ3n) is 4.04. The lowest BCUT2D eigenvalue weighted by Gasteiger charge is -2.02. The molecule has 0 aliphatic heterocycles. The molecule has 21 heavy (non-hydrogen) atoms. The maximum atomic E-state index is 12.0. The molecule has 0 unspecified atom stereocenters. The predicted octanol–water partition coefficient (Wildman–Crippen LogP) is 4.22. The summed E-state index contributed by atoms with van der Waals surface area (Å²) >= 11 is 6.42. The van der Waals surface area contributed by atoms with E-state index in [-0.39, 0.29) is 11.2 Å². The average Bonchev–Trinajstić information content (AvgIpc) is 3.17. The summed E-state index contributed by atoms with van der Waals surface area (Å²) in [6, 6.07) is 9.72. The smallest absolute Gasteiger partial charge is 0.161 e. The number of aromatic nitrogens is 2. The second-order valence-corrected chi connectivity index (χ2v) is 6.15. The molecular formula is C17H17ClN2O. The number of carbonyl (C=O) groups excluding carboxylic acids is 1. The SMILES string of the molecule is Cc1nn(-c2ccccc2)c(Cl)c1/C=C/C(=O)C1(C)CC1. The zero-order valence-electron chi connectivity index (χ0n) is 12.1. The number of para-hydroxylation sites is 1. The van der Waals surface area contributed by atoms with Crippen LogP contribution in [0.25, 0.3) is 11.8 Å². The first-order valence-electron chi connectivity index (χ1n) is 7.04. The van der Waals surface area contributed by atoms with Crippen molar-refractivity contribution in [1.29, 1.82) is 0 Å². The van der Waals surface area contributed by atoms with E-state index in [1.54, 1.807) is 16.8 Å². The second kappa shape index (κ2) is 5.15. The number of aryl methyl sites for hydroxylation is 1. The highest BCUT2D eigenvalue weighted by molar-refractivity contribution is 6.31. The molecule has 1 aromatic carbocycles. The number of halogens is 1. The highest BCUT2D eigenvalue weighted by Gasteiger charge is 2.43. The Hall–Kier alpha value is -1.87. The van der Waals surface area contributed by atoms with Crippen LogP contribution in [0.5, 0.6) is 0 Å². The highest BCUT2D eigenvalue weighted by atomic mass is 35.5. The van der Waals surface area contributed by atoms with Crippen LogP contribution in [-0.4, -0.2) is 15.6 Å². The van der Waals surface area contributed by atoms with E-state index in [2.05, 4.69) is 5.10 Å². The molecule has 3 rings (SSSR count). The lowest BCUT2D eigenvalue weighted by molar-refractivity contribution is -0.118. The summed E-state index contributed by atoms with van der Waals surface area (Å²) in [5, 5.41) is 4.99. The van der Waals surface area contributed by atoms with Crippen molar-refractivity contribution in [2.24, 2.45) is 5.41 Å². The second-order valence-electron chi connectivity index (χ2n) is 5.80. The summed E-state index contributed by atoms with van der Waals surface area (Å²) in [4.78, 5) is 12.0. The van der Waals surface area contributed by atoms with Crippen LogP contribution in [-0.2, 0) is 4.79 Å². The van der Waals surface area contributed by atoms with E-state index < -0.39 is 0 Å². The number of rotatable bonds is 4. The topological polar surface area (TPSA) is 34.9 Å². The van der Waals surface area contributed by atoms with Gasteiger partial charge in [0.05, 0.1) is 11.4 Å². The maximum absolute atomic E-state index is 12.0. The molecule has 0 bridgehead atoms. The molecule has 4 heteroatoms. The monoisotopic (exact) mass is 300 g/mol. The maximum Gasteiger partial charge on any atom is 0.161 e. The van der Waals surface area contributed by atoms with Crippen LogP contribution in [0.4, 0.5) is 0 Å². The summed E-state index contributed by atoms with van der Waals surface area (Å²) in [6.07, 6.45) is 5.38. The standard InChI is InChI=1S/C17H17ClN2O/c1-12-14(8-9-15(21)17(2)10-11-17)16(18)20(19-12)13-6-4-3-5-7-13/h3-9H,10-11H2,1-2H3/b9-8+. The minimum Gasteiger partial charge on any atom is -0.294 e. The fourth-order valence-corrected chi connectivity index (χ4v) is 2.57. The van der Waals surface area contributed by atoms with Gasteiger partial charge in [0.1, 0.15) is 5.15 Å². The Kier molecular flexibility index (Phi) is 3.46. The summed E-state index contributed by atoms with van der Waals surface area (Å²) in [5.41, 5.74) is 2.38. The summed E-state index contributed by atoms with van der Waals surface area (Å²) in [5.74, 6) is 0.172. The van der Waals surface area contributed by atoms with Crippen molar-refractivity contribution in [3.63, 3.8) is 0 Å². The number of hydrogen-bond acceptors (Lipinski definition) is 2. The van der Waals surface area contributed by atoms with E-state index >= 15 is 0 Å². The van der Waals surface area contributed by atoms with Crippen molar-refractivity contribution < 1.29 is 4.79 Å². The van der Waals surface area contributed by atoms with Gasteiger partial charge in [-0.25, -0.2) is 4.68 Å². The van der Waals surface area contributed by atoms with Gasteiger partial charge in [-0.15, -0.1) is 0 Å². The van der Waals surface area contributed by atoms with Crippen molar-refractivity contribution in [3.05, 3.63) is 52.8 Å². The summed E-state index contributed by atoms with van der Waals surface area (Å²) in [7, 11) is 0. The Morgan fingerprint density at radius 1 is 1.33 bits per heavy atom. The molecule has 1 saturated carbocycles. The van der Waals surface area contributed by atoms with E-state index in [0.717, 1.165) is 29.8 Å². The zero-order valence-corrected chi connectivity index (χ0v) is 12.9. The van der Waals surface area contributed by atoms with Crippen LogP contribution in [0.1, 0.15) is 31.0 Å². The molecule has 1 aliphatic carbocycles. The molecule has 2 aromatic rings. The number of nitrogens with zero attached hydrogens (tertiary/aromatic N) is 2. The van der Waals surface area contributed by atoms with Gasteiger partial charge in [-0.2, -0.15) is 5.10 Å². The van der Waals surface area contributed by atoms with Crippen LogP contribution in [0, 0.1) is 12.3 Å². The fraction of sp³-hybridized carbons (Fsp3) is 0.294. The van der Waals surface area contributed by atoms with Gasteiger partial charge in [-0.1, -0.05) is 36.7 Å². The number of benzene rings is 1. The van der Waals surface area contributed by atoms with Crippen molar-refractivity contribution >= 4 is 23.5 Å². The van der Waals surface area contributed by atoms with Crippen LogP contribution in [0.15, 0.2) is 36.4 Å². The number of hydrogen-bond donors (Lipinski definition) is 0. The summed E-state index contributed by atoms with van der Waals surface area (Å²) in [6.45, 7) is 3.90. The Labute approximate surface area is 129 Å². The average molecular weight is 301 g/mol. The van der Waals surface area contributed by atoms with Crippen LogP contribution in [0.3, 0.4) is 0 Å². The lowest BCUT2D eigenvalue weighted by Crippen LogP contribution is -2.07. The lowest BCUT2D eigenvalue weighted by atomic mass is 10.0. The van der Waals surface area contributed by atoms with Gasteiger partial charge in [-0.05, 0) is 44.1 Å². The molecule has 0 radical (unpaired) electrons. The number of allylic oxidation sites excluding steroid dienone is 1. The molecule has 1 fully saturated rings. The minimum absolute atomic E-state index is 0.147. The molecule has 3 nitrogen and oxygen atoms in total. The molecule has 0 atom stereocenters. The van der Waals surface area contributed by atoms with Crippen molar-refractivity contribution in [2.45, 2.75) is 26.7 Å². The predicted molar refractivity (Wildman–Crippen MR) is 84.7 cm³/mol. The van der Waals surface area contributed by atoms with Gasteiger partial charge in [0.15, 0.2) is 5.78 Å². The van der Waals surface area contributed by atoms with E-state index in [4.69, 9.17) is 11.6 Å².